The largest absolute Gasteiger partial charge is 0.399 e. The maximum absolute atomic E-state index is 10.6. The minimum absolute atomic E-state index is 0.110. The summed E-state index contributed by atoms with van der Waals surface area (Å²) in [5.74, 6) is 0. The van der Waals surface area contributed by atoms with Gasteiger partial charge in [0.15, 0.2) is 0 Å². The standard InChI is InChI=1S/C14H11N3O2.C14H13N3/c18-17(19)12-7-5-11(6-8-12)9-16-10-15-13-3-1-2-4-14(13)16;15-12-7-5-11(6-8-12)9-17-10-16-13-3-1-2-4-14(13)17/h1-8,10H,9H2;1-8,10H,9,15H2. The van der Waals surface area contributed by atoms with Crippen molar-refractivity contribution in [1.82, 2.24) is 19.1 Å². The van der Waals surface area contributed by atoms with Gasteiger partial charge in [-0.05, 0) is 47.5 Å². The van der Waals surface area contributed by atoms with Crippen molar-refractivity contribution < 1.29 is 4.92 Å². The van der Waals surface area contributed by atoms with E-state index in [-0.39, 0.29) is 5.69 Å². The molecule has 6 aromatic rings. The highest BCUT2D eigenvalue weighted by molar-refractivity contribution is 5.75. The first kappa shape index (κ1) is 22.8. The maximum Gasteiger partial charge on any atom is 0.269 e. The molecule has 2 aromatic heterocycles. The number of benzene rings is 4. The summed E-state index contributed by atoms with van der Waals surface area (Å²) in [6.07, 6.45) is 3.66. The van der Waals surface area contributed by atoms with Crippen molar-refractivity contribution in [3.8, 4) is 0 Å². The highest BCUT2D eigenvalue weighted by Crippen LogP contribution is 2.17. The van der Waals surface area contributed by atoms with E-state index < -0.39 is 4.92 Å². The lowest BCUT2D eigenvalue weighted by molar-refractivity contribution is -0.384. The average molecular weight is 477 g/mol. The summed E-state index contributed by atoms with van der Waals surface area (Å²) in [5.41, 5.74) is 13.0. The van der Waals surface area contributed by atoms with Gasteiger partial charge in [-0.25, -0.2) is 9.97 Å². The fraction of sp³-hybridized carbons (Fsp3) is 0.0714. The van der Waals surface area contributed by atoms with Crippen LogP contribution in [0.25, 0.3) is 22.1 Å². The molecule has 0 fully saturated rings. The second kappa shape index (κ2) is 10.1. The summed E-state index contributed by atoms with van der Waals surface area (Å²) < 4.78 is 4.16. The summed E-state index contributed by atoms with van der Waals surface area (Å²) in [6, 6.07) is 30.6. The number of rotatable bonds is 5. The Bertz CT molecular complexity index is 1620. The van der Waals surface area contributed by atoms with E-state index in [1.165, 1.54) is 17.7 Å². The molecule has 0 aliphatic heterocycles. The lowest BCUT2D eigenvalue weighted by Gasteiger charge is -2.04. The lowest BCUT2D eigenvalue weighted by Crippen LogP contribution is -1.98. The Balaban J connectivity index is 0.000000149. The van der Waals surface area contributed by atoms with E-state index in [2.05, 4.69) is 20.6 Å². The molecule has 0 bridgehead atoms. The molecule has 6 rings (SSSR count). The number of aromatic nitrogens is 4. The van der Waals surface area contributed by atoms with Crippen LogP contribution in [0.15, 0.2) is 110 Å². The molecular formula is C28H24N6O2. The summed E-state index contributed by atoms with van der Waals surface area (Å²) in [4.78, 5) is 18.9. The fourth-order valence-electron chi connectivity index (χ4n) is 4.01. The molecule has 0 aliphatic carbocycles. The number of nitrogens with two attached hydrogens (primary N) is 1. The Hall–Kier alpha value is -4.98. The van der Waals surface area contributed by atoms with Gasteiger partial charge in [0.25, 0.3) is 5.69 Å². The van der Waals surface area contributed by atoms with E-state index in [4.69, 9.17) is 5.73 Å². The van der Waals surface area contributed by atoms with Gasteiger partial charge in [0, 0.05) is 30.9 Å². The SMILES string of the molecule is Nc1ccc(Cn2cnc3ccccc32)cc1.O=[N+]([O-])c1ccc(Cn2cnc3ccccc32)cc1. The zero-order valence-corrected chi connectivity index (χ0v) is 19.4. The average Bonchev–Trinajstić information content (AvgIpc) is 3.50. The number of hydrogen-bond donors (Lipinski definition) is 1. The van der Waals surface area contributed by atoms with E-state index in [0.717, 1.165) is 39.9 Å². The van der Waals surface area contributed by atoms with Crippen molar-refractivity contribution in [2.45, 2.75) is 13.1 Å². The van der Waals surface area contributed by atoms with E-state index >= 15 is 0 Å². The van der Waals surface area contributed by atoms with Crippen molar-refractivity contribution in [2.24, 2.45) is 0 Å². The number of nitro groups is 1. The van der Waals surface area contributed by atoms with Gasteiger partial charge < -0.3 is 14.9 Å². The van der Waals surface area contributed by atoms with Gasteiger partial charge >= 0.3 is 0 Å². The summed E-state index contributed by atoms with van der Waals surface area (Å²) in [6.45, 7) is 1.47. The van der Waals surface area contributed by atoms with Crippen molar-refractivity contribution >= 4 is 33.4 Å². The van der Waals surface area contributed by atoms with Gasteiger partial charge in [0.1, 0.15) is 0 Å². The predicted octanol–water partition coefficient (Wildman–Crippen LogP) is 5.66. The molecule has 36 heavy (non-hydrogen) atoms. The molecule has 8 nitrogen and oxygen atoms in total. The molecule has 0 atom stereocenters. The van der Waals surface area contributed by atoms with Gasteiger partial charge in [-0.15, -0.1) is 0 Å². The molecule has 0 amide bonds. The first-order chi connectivity index (χ1) is 17.6. The van der Waals surface area contributed by atoms with E-state index in [9.17, 15) is 10.1 Å². The molecule has 178 valence electrons. The number of hydrogen-bond acceptors (Lipinski definition) is 5. The second-order valence-electron chi connectivity index (χ2n) is 8.39. The van der Waals surface area contributed by atoms with Crippen LogP contribution in [-0.4, -0.2) is 24.0 Å². The number of nitrogen functional groups attached to an aromatic ring is 1. The van der Waals surface area contributed by atoms with Crippen molar-refractivity contribution in [3.05, 3.63) is 131 Å². The molecule has 0 spiro atoms. The summed E-state index contributed by atoms with van der Waals surface area (Å²) in [7, 11) is 0. The zero-order chi connectivity index (χ0) is 24.9. The molecule has 8 heteroatoms. The topological polar surface area (TPSA) is 105 Å². The van der Waals surface area contributed by atoms with Crippen LogP contribution < -0.4 is 5.73 Å². The molecule has 2 N–H and O–H groups in total. The third-order valence-electron chi connectivity index (χ3n) is 5.89. The first-order valence-electron chi connectivity index (χ1n) is 11.4. The molecule has 2 heterocycles. The minimum atomic E-state index is -0.392. The minimum Gasteiger partial charge on any atom is -0.399 e. The molecule has 4 aromatic carbocycles. The normalized spacial score (nSPS) is 10.8. The van der Waals surface area contributed by atoms with Gasteiger partial charge in [-0.2, -0.15) is 0 Å². The van der Waals surface area contributed by atoms with Crippen LogP contribution in [0.1, 0.15) is 11.1 Å². The van der Waals surface area contributed by atoms with E-state index in [0.29, 0.717) is 6.54 Å². The molecule has 0 saturated carbocycles. The van der Waals surface area contributed by atoms with Crippen LogP contribution >= 0.6 is 0 Å². The molecule has 0 saturated heterocycles. The number of imidazole rings is 2. The highest BCUT2D eigenvalue weighted by atomic mass is 16.6. The number of nitro benzene ring substituents is 1. The summed E-state index contributed by atoms with van der Waals surface area (Å²) in [5, 5.41) is 10.6. The number of non-ortho nitro benzene ring substituents is 1. The van der Waals surface area contributed by atoms with E-state index in [1.807, 2.05) is 77.6 Å². The summed E-state index contributed by atoms with van der Waals surface area (Å²) >= 11 is 0. The van der Waals surface area contributed by atoms with Crippen LogP contribution in [0.3, 0.4) is 0 Å². The van der Waals surface area contributed by atoms with Crippen LogP contribution in [0.2, 0.25) is 0 Å². The van der Waals surface area contributed by atoms with Crippen LogP contribution in [0.5, 0.6) is 0 Å². The quantitative estimate of drug-likeness (QED) is 0.196. The Morgan fingerprint density at radius 3 is 1.58 bits per heavy atom. The van der Waals surface area contributed by atoms with Crippen molar-refractivity contribution in [3.63, 3.8) is 0 Å². The second-order valence-corrected chi connectivity index (χ2v) is 8.39. The smallest absolute Gasteiger partial charge is 0.269 e. The Kier molecular flexibility index (Phi) is 6.40. The van der Waals surface area contributed by atoms with E-state index in [1.54, 1.807) is 18.5 Å². The Morgan fingerprint density at radius 2 is 1.11 bits per heavy atom. The monoisotopic (exact) mass is 476 g/mol. The highest BCUT2D eigenvalue weighted by Gasteiger charge is 2.06. The number of anilines is 1. The number of nitrogens with zero attached hydrogens (tertiary/aromatic N) is 5. The zero-order valence-electron chi connectivity index (χ0n) is 19.4. The van der Waals surface area contributed by atoms with Crippen LogP contribution in [0.4, 0.5) is 11.4 Å². The molecular weight excluding hydrogens is 452 g/mol. The van der Waals surface area contributed by atoms with Gasteiger partial charge in [0.2, 0.25) is 0 Å². The van der Waals surface area contributed by atoms with Gasteiger partial charge in [-0.3, -0.25) is 10.1 Å². The lowest BCUT2D eigenvalue weighted by atomic mass is 10.2. The Morgan fingerprint density at radius 1 is 0.667 bits per heavy atom. The van der Waals surface area contributed by atoms with Gasteiger partial charge in [-0.1, -0.05) is 48.5 Å². The number of fused-ring (bicyclic) bond motifs is 2. The molecule has 0 unspecified atom stereocenters. The maximum atomic E-state index is 10.6. The predicted molar refractivity (Wildman–Crippen MR) is 142 cm³/mol. The van der Waals surface area contributed by atoms with Gasteiger partial charge in [0.05, 0.1) is 39.6 Å². The molecule has 0 aliphatic rings. The van der Waals surface area contributed by atoms with Crippen molar-refractivity contribution in [2.75, 3.05) is 5.73 Å². The molecule has 0 radical (unpaired) electrons. The Labute approximate surface area is 207 Å². The first-order valence-corrected chi connectivity index (χ1v) is 11.4. The third-order valence-corrected chi connectivity index (χ3v) is 5.89. The fourth-order valence-corrected chi connectivity index (χ4v) is 4.01. The number of para-hydroxylation sites is 4. The third kappa shape index (κ3) is 5.07. The van der Waals surface area contributed by atoms with Crippen LogP contribution in [-0.2, 0) is 13.1 Å². The van der Waals surface area contributed by atoms with Crippen molar-refractivity contribution in [1.29, 1.82) is 0 Å². The van der Waals surface area contributed by atoms with Crippen LogP contribution in [0, 0.1) is 10.1 Å².